The van der Waals surface area contributed by atoms with Crippen molar-refractivity contribution >= 4 is 17.1 Å². The van der Waals surface area contributed by atoms with Crippen molar-refractivity contribution < 1.29 is 18.4 Å². The molecule has 0 bridgehead atoms. The molecular formula is C14H9NO5. The molecule has 20 heavy (non-hydrogen) atoms. The highest BCUT2D eigenvalue weighted by molar-refractivity contribution is 5.90. The Morgan fingerprint density at radius 3 is 2.70 bits per heavy atom. The number of esters is 1. The number of nitrogens with zero attached hydrogens (tertiary/aromatic N) is 1. The molecule has 6 heteroatoms. The number of carbonyl (C=O) groups excluding carboxylic acids is 1. The Balaban J connectivity index is 1.76. The largest absolute Gasteiger partial charge is 0.519 e. The van der Waals surface area contributed by atoms with Crippen LogP contribution < -0.4 is 5.82 Å². The number of pyridine rings is 1. The average molecular weight is 271 g/mol. The molecule has 0 fully saturated rings. The Morgan fingerprint density at radius 1 is 1.15 bits per heavy atom. The summed E-state index contributed by atoms with van der Waals surface area (Å²) in [4.78, 5) is 26.6. The smallest absolute Gasteiger partial charge is 0.456 e. The van der Waals surface area contributed by atoms with Crippen LogP contribution in [0.1, 0.15) is 16.1 Å². The maximum atomic E-state index is 11.8. The fraction of sp³-hybridized carbons (Fsp3) is 0.0714. The predicted molar refractivity (Wildman–Crippen MR) is 68.1 cm³/mol. The summed E-state index contributed by atoms with van der Waals surface area (Å²) in [7, 11) is 0. The number of ether oxygens (including phenoxy) is 1. The summed E-state index contributed by atoms with van der Waals surface area (Å²) in [6.07, 6.45) is 1.25. The SMILES string of the molecule is O=C(OCc1ccccc1)c1cc2oc(=O)oc2cn1. The van der Waals surface area contributed by atoms with E-state index in [1.165, 1.54) is 12.3 Å². The lowest BCUT2D eigenvalue weighted by molar-refractivity contribution is 0.0466. The second-order valence-electron chi connectivity index (χ2n) is 4.03. The van der Waals surface area contributed by atoms with Gasteiger partial charge in [0, 0.05) is 6.07 Å². The molecule has 100 valence electrons. The van der Waals surface area contributed by atoms with E-state index in [0.29, 0.717) is 0 Å². The van der Waals surface area contributed by atoms with Gasteiger partial charge in [-0.05, 0) is 5.56 Å². The van der Waals surface area contributed by atoms with Crippen molar-refractivity contribution in [3.8, 4) is 0 Å². The van der Waals surface area contributed by atoms with E-state index in [4.69, 9.17) is 13.6 Å². The van der Waals surface area contributed by atoms with Crippen molar-refractivity contribution in [1.29, 1.82) is 0 Å². The maximum absolute atomic E-state index is 11.8. The van der Waals surface area contributed by atoms with E-state index in [0.717, 1.165) is 5.56 Å². The summed E-state index contributed by atoms with van der Waals surface area (Å²) >= 11 is 0. The minimum Gasteiger partial charge on any atom is -0.456 e. The summed E-state index contributed by atoms with van der Waals surface area (Å²) in [5, 5.41) is 0. The van der Waals surface area contributed by atoms with Gasteiger partial charge < -0.3 is 13.6 Å². The summed E-state index contributed by atoms with van der Waals surface area (Å²) in [5.41, 5.74) is 1.28. The number of carbonyl (C=O) groups is 1. The number of aromatic nitrogens is 1. The second kappa shape index (κ2) is 5.00. The van der Waals surface area contributed by atoms with Crippen LogP contribution in [-0.2, 0) is 11.3 Å². The van der Waals surface area contributed by atoms with E-state index < -0.39 is 11.8 Å². The van der Waals surface area contributed by atoms with Crippen LogP contribution in [0.4, 0.5) is 0 Å². The van der Waals surface area contributed by atoms with Crippen LogP contribution >= 0.6 is 0 Å². The molecule has 0 atom stereocenters. The average Bonchev–Trinajstić information content (AvgIpc) is 2.85. The molecule has 0 spiro atoms. The molecule has 2 heterocycles. The molecular weight excluding hydrogens is 262 g/mol. The van der Waals surface area contributed by atoms with Crippen molar-refractivity contribution in [2.45, 2.75) is 6.61 Å². The van der Waals surface area contributed by atoms with Gasteiger partial charge in [-0.2, -0.15) is 0 Å². The Morgan fingerprint density at radius 2 is 1.90 bits per heavy atom. The van der Waals surface area contributed by atoms with Crippen LogP contribution in [-0.4, -0.2) is 11.0 Å². The quantitative estimate of drug-likeness (QED) is 0.679. The number of hydrogen-bond donors (Lipinski definition) is 0. The number of hydrogen-bond acceptors (Lipinski definition) is 6. The minimum absolute atomic E-state index is 0.0537. The van der Waals surface area contributed by atoms with E-state index in [9.17, 15) is 9.59 Å². The van der Waals surface area contributed by atoms with Gasteiger partial charge in [-0.25, -0.2) is 14.6 Å². The Labute approximate surface area is 112 Å². The fourth-order valence-corrected chi connectivity index (χ4v) is 1.69. The van der Waals surface area contributed by atoms with Crippen LogP contribution in [0.15, 0.2) is 56.2 Å². The van der Waals surface area contributed by atoms with E-state index in [1.807, 2.05) is 30.3 Å². The van der Waals surface area contributed by atoms with Crippen molar-refractivity contribution in [2.24, 2.45) is 0 Å². The lowest BCUT2D eigenvalue weighted by Gasteiger charge is -2.03. The molecule has 0 amide bonds. The monoisotopic (exact) mass is 271 g/mol. The van der Waals surface area contributed by atoms with Gasteiger partial charge in [0.1, 0.15) is 6.61 Å². The van der Waals surface area contributed by atoms with Gasteiger partial charge in [-0.3, -0.25) is 0 Å². The lowest BCUT2D eigenvalue weighted by atomic mass is 10.2. The third-order valence-electron chi connectivity index (χ3n) is 2.64. The van der Waals surface area contributed by atoms with Gasteiger partial charge in [0.15, 0.2) is 16.9 Å². The number of rotatable bonds is 3. The molecule has 0 N–H and O–H groups in total. The normalized spacial score (nSPS) is 10.6. The van der Waals surface area contributed by atoms with Gasteiger partial charge in [0.2, 0.25) is 0 Å². The Bertz CT molecular complexity index is 803. The first-order valence-electron chi connectivity index (χ1n) is 5.83. The zero-order chi connectivity index (χ0) is 13.9. The van der Waals surface area contributed by atoms with Crippen molar-refractivity contribution in [1.82, 2.24) is 4.98 Å². The van der Waals surface area contributed by atoms with Gasteiger partial charge in [0.25, 0.3) is 0 Å². The van der Waals surface area contributed by atoms with Crippen molar-refractivity contribution in [3.05, 3.63) is 64.5 Å². The first-order chi connectivity index (χ1) is 9.72. The zero-order valence-corrected chi connectivity index (χ0v) is 10.2. The van der Waals surface area contributed by atoms with Crippen molar-refractivity contribution in [2.75, 3.05) is 0 Å². The number of benzene rings is 1. The molecule has 0 radical (unpaired) electrons. The molecule has 1 aromatic carbocycles. The first-order valence-corrected chi connectivity index (χ1v) is 5.83. The molecule has 2 aromatic heterocycles. The van der Waals surface area contributed by atoms with Crippen LogP contribution in [0.3, 0.4) is 0 Å². The third-order valence-corrected chi connectivity index (χ3v) is 2.64. The van der Waals surface area contributed by atoms with Crippen LogP contribution in [0, 0.1) is 0 Å². The molecule has 0 aliphatic carbocycles. The van der Waals surface area contributed by atoms with E-state index in [-0.39, 0.29) is 23.5 Å². The number of fused-ring (bicyclic) bond motifs is 1. The minimum atomic E-state index is -0.836. The molecule has 3 rings (SSSR count). The molecule has 0 aliphatic rings. The van der Waals surface area contributed by atoms with Gasteiger partial charge in [0.05, 0.1) is 6.20 Å². The van der Waals surface area contributed by atoms with Gasteiger partial charge in [-0.15, -0.1) is 0 Å². The topological polar surface area (TPSA) is 82.5 Å². The molecule has 0 saturated heterocycles. The van der Waals surface area contributed by atoms with Crippen LogP contribution in [0.2, 0.25) is 0 Å². The van der Waals surface area contributed by atoms with Crippen LogP contribution in [0.25, 0.3) is 11.2 Å². The zero-order valence-electron chi connectivity index (χ0n) is 10.2. The van der Waals surface area contributed by atoms with Gasteiger partial charge >= 0.3 is 11.8 Å². The predicted octanol–water partition coefficient (Wildman–Crippen LogP) is 2.14. The molecule has 6 nitrogen and oxygen atoms in total. The summed E-state index contributed by atoms with van der Waals surface area (Å²) in [6, 6.07) is 10.6. The maximum Gasteiger partial charge on any atom is 0.519 e. The second-order valence-corrected chi connectivity index (χ2v) is 4.03. The third kappa shape index (κ3) is 2.44. The van der Waals surface area contributed by atoms with Crippen LogP contribution in [0.5, 0.6) is 0 Å². The summed E-state index contributed by atoms with van der Waals surface area (Å²) in [6.45, 7) is 0.148. The Hall–Kier alpha value is -2.89. The van der Waals surface area contributed by atoms with Gasteiger partial charge in [-0.1, -0.05) is 30.3 Å². The molecule has 0 saturated carbocycles. The van der Waals surface area contributed by atoms with Crippen molar-refractivity contribution in [3.63, 3.8) is 0 Å². The van der Waals surface area contributed by atoms with E-state index in [2.05, 4.69) is 4.98 Å². The molecule has 0 unspecified atom stereocenters. The highest BCUT2D eigenvalue weighted by atomic mass is 16.6. The summed E-state index contributed by atoms with van der Waals surface area (Å²) in [5.74, 6) is -1.43. The van der Waals surface area contributed by atoms with E-state index in [1.54, 1.807) is 0 Å². The molecule has 3 aromatic rings. The lowest BCUT2D eigenvalue weighted by Crippen LogP contribution is -2.07. The highest BCUT2D eigenvalue weighted by Crippen LogP contribution is 2.13. The summed E-state index contributed by atoms with van der Waals surface area (Å²) < 4.78 is 14.6. The van der Waals surface area contributed by atoms with E-state index >= 15 is 0 Å². The Kier molecular flexibility index (Phi) is 3.04. The highest BCUT2D eigenvalue weighted by Gasteiger charge is 2.13. The molecule has 0 aliphatic heterocycles. The fourth-order valence-electron chi connectivity index (χ4n) is 1.69. The first kappa shape index (κ1) is 12.2. The standard InChI is InChI=1S/C14H9NO5/c16-13(18-8-9-4-2-1-3-5-9)10-6-11-12(7-15-10)20-14(17)19-11/h1-7H,8H2.